The van der Waals surface area contributed by atoms with E-state index in [0.717, 1.165) is 56.4 Å². The SMILES string of the molecule is O=C(O)[C@@H]1CCCN1C(=O)c1cc(C2CC2)c(OCC2CCN(Cc3ccc(Cl)c(Cl)c3)CC2)cc1F. The van der Waals surface area contributed by atoms with Crippen LogP contribution in [0.1, 0.15) is 65.9 Å². The molecule has 2 aromatic rings. The second-order valence-corrected chi connectivity index (χ2v) is 11.2. The normalized spacial score (nSPS) is 20.8. The third-order valence-corrected chi connectivity index (χ3v) is 8.46. The molecule has 5 rings (SSSR count). The van der Waals surface area contributed by atoms with E-state index in [-0.39, 0.29) is 11.5 Å². The zero-order valence-electron chi connectivity index (χ0n) is 20.6. The number of nitrogens with zero attached hydrogens (tertiary/aromatic N) is 2. The van der Waals surface area contributed by atoms with Crippen molar-refractivity contribution in [3.05, 3.63) is 62.9 Å². The fraction of sp³-hybridized carbons (Fsp3) is 0.500. The highest BCUT2D eigenvalue weighted by Crippen LogP contribution is 2.45. The van der Waals surface area contributed by atoms with Gasteiger partial charge in [-0.05, 0) is 92.8 Å². The van der Waals surface area contributed by atoms with Gasteiger partial charge in [-0.3, -0.25) is 9.69 Å². The van der Waals surface area contributed by atoms with E-state index in [4.69, 9.17) is 27.9 Å². The van der Waals surface area contributed by atoms with E-state index in [9.17, 15) is 14.7 Å². The average Bonchev–Trinajstić information content (AvgIpc) is 3.60. The fourth-order valence-corrected chi connectivity index (χ4v) is 5.73. The van der Waals surface area contributed by atoms with Crippen molar-refractivity contribution in [3.8, 4) is 5.75 Å². The Bertz CT molecular complexity index is 1180. The standard InChI is InChI=1S/C28H31Cl2FN2O4/c29-22-6-3-18(12-23(22)30)15-32-10-7-17(8-11-32)16-37-26-14-24(31)21(13-20(26)19-4-5-19)27(34)33-9-1-2-25(33)28(35)36/h3,6,12-14,17,19,25H,1-2,4-5,7-11,15-16H2,(H,35,36)/t25-/m0/s1. The van der Waals surface area contributed by atoms with Gasteiger partial charge in [-0.1, -0.05) is 29.3 Å². The van der Waals surface area contributed by atoms with E-state index in [1.54, 1.807) is 6.07 Å². The minimum atomic E-state index is -1.04. The number of carboxylic acid groups (broad SMARTS) is 1. The highest BCUT2D eigenvalue weighted by molar-refractivity contribution is 6.42. The highest BCUT2D eigenvalue weighted by Gasteiger charge is 2.37. The number of piperidine rings is 1. The van der Waals surface area contributed by atoms with E-state index in [1.165, 1.54) is 11.0 Å². The molecule has 37 heavy (non-hydrogen) atoms. The lowest BCUT2D eigenvalue weighted by Gasteiger charge is -2.32. The smallest absolute Gasteiger partial charge is 0.326 e. The van der Waals surface area contributed by atoms with Crippen molar-refractivity contribution in [2.45, 2.75) is 57.0 Å². The van der Waals surface area contributed by atoms with Gasteiger partial charge in [0.05, 0.1) is 22.2 Å². The number of hydrogen-bond acceptors (Lipinski definition) is 4. The molecule has 1 atom stereocenters. The van der Waals surface area contributed by atoms with Crippen molar-refractivity contribution in [2.75, 3.05) is 26.2 Å². The van der Waals surface area contributed by atoms with Crippen molar-refractivity contribution < 1.29 is 23.8 Å². The number of hydrogen-bond donors (Lipinski definition) is 1. The number of benzene rings is 2. The van der Waals surface area contributed by atoms with Crippen LogP contribution >= 0.6 is 23.2 Å². The van der Waals surface area contributed by atoms with Crippen LogP contribution in [0.5, 0.6) is 5.75 Å². The number of aliphatic carboxylic acids is 1. The zero-order chi connectivity index (χ0) is 26.1. The number of rotatable bonds is 8. The predicted molar refractivity (Wildman–Crippen MR) is 140 cm³/mol. The Balaban J connectivity index is 1.20. The molecule has 9 heteroatoms. The first-order valence-corrected chi connectivity index (χ1v) is 13.7. The van der Waals surface area contributed by atoms with Crippen molar-refractivity contribution in [3.63, 3.8) is 0 Å². The number of carbonyl (C=O) groups excluding carboxylic acids is 1. The minimum absolute atomic E-state index is 0.0574. The van der Waals surface area contributed by atoms with Crippen LogP contribution in [-0.4, -0.2) is 59.1 Å². The van der Waals surface area contributed by atoms with E-state index in [2.05, 4.69) is 4.90 Å². The van der Waals surface area contributed by atoms with Gasteiger partial charge in [0.15, 0.2) is 0 Å². The summed E-state index contributed by atoms with van der Waals surface area (Å²) >= 11 is 12.2. The van der Waals surface area contributed by atoms with E-state index in [1.807, 2.05) is 18.2 Å². The van der Waals surface area contributed by atoms with Crippen molar-refractivity contribution in [2.24, 2.45) is 5.92 Å². The van der Waals surface area contributed by atoms with Gasteiger partial charge in [0.1, 0.15) is 17.6 Å². The molecular formula is C28H31Cl2FN2O4. The summed E-state index contributed by atoms with van der Waals surface area (Å²) in [5.41, 5.74) is 1.93. The van der Waals surface area contributed by atoms with Crippen molar-refractivity contribution in [1.82, 2.24) is 9.80 Å². The molecule has 198 valence electrons. The first-order chi connectivity index (χ1) is 17.8. The van der Waals surface area contributed by atoms with Crippen LogP contribution in [0, 0.1) is 11.7 Å². The molecule has 2 aromatic carbocycles. The molecule has 1 N–H and O–H groups in total. The minimum Gasteiger partial charge on any atom is -0.493 e. The molecule has 1 aliphatic carbocycles. The summed E-state index contributed by atoms with van der Waals surface area (Å²) in [7, 11) is 0. The summed E-state index contributed by atoms with van der Waals surface area (Å²) in [6, 6.07) is 7.76. The first kappa shape index (κ1) is 26.3. The lowest BCUT2D eigenvalue weighted by Crippen LogP contribution is -2.40. The Labute approximate surface area is 226 Å². The van der Waals surface area contributed by atoms with Crippen LogP contribution in [0.25, 0.3) is 0 Å². The summed E-state index contributed by atoms with van der Waals surface area (Å²) in [5, 5.41) is 10.6. The average molecular weight is 549 g/mol. The molecule has 1 amide bonds. The predicted octanol–water partition coefficient (Wildman–Crippen LogP) is 5.99. The maximum atomic E-state index is 15.1. The second kappa shape index (κ2) is 11.2. The maximum absolute atomic E-state index is 15.1. The summed E-state index contributed by atoms with van der Waals surface area (Å²) in [5.74, 6) is -1.13. The van der Waals surface area contributed by atoms with E-state index in [0.29, 0.717) is 47.7 Å². The monoisotopic (exact) mass is 548 g/mol. The van der Waals surface area contributed by atoms with Crippen LogP contribution in [0.2, 0.25) is 10.0 Å². The number of amides is 1. The molecule has 0 radical (unpaired) electrons. The summed E-state index contributed by atoms with van der Waals surface area (Å²) < 4.78 is 21.3. The van der Waals surface area contributed by atoms with Crippen LogP contribution < -0.4 is 4.74 Å². The highest BCUT2D eigenvalue weighted by atomic mass is 35.5. The van der Waals surface area contributed by atoms with E-state index < -0.39 is 23.7 Å². The maximum Gasteiger partial charge on any atom is 0.326 e. The molecule has 3 aliphatic rings. The third-order valence-electron chi connectivity index (χ3n) is 7.72. The Morgan fingerprint density at radius 1 is 1.00 bits per heavy atom. The molecule has 2 saturated heterocycles. The molecule has 1 saturated carbocycles. The Hall–Kier alpha value is -2.35. The number of likely N-dealkylation sites (tertiary alicyclic amines) is 2. The summed E-state index contributed by atoms with van der Waals surface area (Å²) in [4.78, 5) is 28.2. The Morgan fingerprint density at radius 3 is 2.43 bits per heavy atom. The van der Waals surface area contributed by atoms with Crippen molar-refractivity contribution >= 4 is 35.1 Å². The van der Waals surface area contributed by atoms with Gasteiger partial charge in [0.25, 0.3) is 5.91 Å². The number of carbonyl (C=O) groups is 2. The quantitative estimate of drug-likeness (QED) is 0.438. The lowest BCUT2D eigenvalue weighted by molar-refractivity contribution is -0.141. The zero-order valence-corrected chi connectivity index (χ0v) is 22.1. The number of ether oxygens (including phenoxy) is 1. The summed E-state index contributed by atoms with van der Waals surface area (Å²) in [6.07, 6.45) is 4.91. The Morgan fingerprint density at radius 2 is 1.76 bits per heavy atom. The fourth-order valence-electron chi connectivity index (χ4n) is 5.41. The van der Waals surface area contributed by atoms with Gasteiger partial charge in [-0.2, -0.15) is 0 Å². The first-order valence-electron chi connectivity index (χ1n) is 13.0. The van der Waals surface area contributed by atoms with Gasteiger partial charge < -0.3 is 14.7 Å². The number of halogens is 3. The van der Waals surface area contributed by atoms with Crippen LogP contribution in [-0.2, 0) is 11.3 Å². The largest absolute Gasteiger partial charge is 0.493 e. The lowest BCUT2D eigenvalue weighted by atomic mass is 9.97. The molecule has 2 aliphatic heterocycles. The van der Waals surface area contributed by atoms with Gasteiger partial charge in [-0.25, -0.2) is 9.18 Å². The van der Waals surface area contributed by atoms with Gasteiger partial charge in [-0.15, -0.1) is 0 Å². The topological polar surface area (TPSA) is 70.1 Å². The summed E-state index contributed by atoms with van der Waals surface area (Å²) in [6.45, 7) is 3.52. The second-order valence-electron chi connectivity index (χ2n) is 10.4. The Kier molecular flexibility index (Phi) is 7.93. The molecule has 2 heterocycles. The van der Waals surface area contributed by atoms with Crippen LogP contribution in [0.3, 0.4) is 0 Å². The third kappa shape index (κ3) is 6.05. The molecule has 0 aromatic heterocycles. The molecular weight excluding hydrogens is 518 g/mol. The molecule has 6 nitrogen and oxygen atoms in total. The molecule has 0 bridgehead atoms. The van der Waals surface area contributed by atoms with Crippen LogP contribution in [0.4, 0.5) is 4.39 Å². The molecule has 0 unspecified atom stereocenters. The van der Waals surface area contributed by atoms with Gasteiger partial charge >= 0.3 is 5.97 Å². The number of carboxylic acids is 1. The van der Waals surface area contributed by atoms with E-state index >= 15 is 4.39 Å². The molecule has 3 fully saturated rings. The molecule has 0 spiro atoms. The van der Waals surface area contributed by atoms with Gasteiger partial charge in [0, 0.05) is 19.2 Å². The van der Waals surface area contributed by atoms with Crippen molar-refractivity contribution in [1.29, 1.82) is 0 Å². The van der Waals surface area contributed by atoms with Gasteiger partial charge in [0.2, 0.25) is 0 Å². The van der Waals surface area contributed by atoms with Crippen LogP contribution in [0.15, 0.2) is 30.3 Å².